The number of aromatic carboxylic acids is 1. The molecule has 0 saturated heterocycles. The summed E-state index contributed by atoms with van der Waals surface area (Å²) in [5.41, 5.74) is 1.26. The Bertz CT molecular complexity index is 908. The Morgan fingerprint density at radius 1 is 1.43 bits per heavy atom. The lowest BCUT2D eigenvalue weighted by Gasteiger charge is -2.02. The largest absolute Gasteiger partial charge is 0.477 e. The normalized spacial score (nSPS) is 11.1. The van der Waals surface area contributed by atoms with Crippen molar-refractivity contribution < 1.29 is 14.5 Å². The molecule has 0 aliphatic rings. The van der Waals surface area contributed by atoms with Gasteiger partial charge in [-0.15, -0.1) is 11.3 Å². The lowest BCUT2D eigenvalue weighted by Crippen LogP contribution is -2.21. The van der Waals surface area contributed by atoms with E-state index in [1.165, 1.54) is 10.9 Å². The van der Waals surface area contributed by atoms with Crippen LogP contribution in [0, 0.1) is 13.8 Å². The second kappa shape index (κ2) is 4.77. The standard InChI is InChI=1S/C12H10N4O4S/c1-5-8-10(21-9(5)12(18)19)13-4-16(11(8)17)3-7-6(2)14-20-15-7/h4H,3H2,1-2H3,(H,18,19). The summed E-state index contributed by atoms with van der Waals surface area (Å²) in [6.07, 6.45) is 1.38. The molecule has 9 heteroatoms. The van der Waals surface area contributed by atoms with Crippen LogP contribution in [0.2, 0.25) is 0 Å². The van der Waals surface area contributed by atoms with Gasteiger partial charge in [0.25, 0.3) is 5.56 Å². The summed E-state index contributed by atoms with van der Waals surface area (Å²) in [7, 11) is 0. The van der Waals surface area contributed by atoms with E-state index in [9.17, 15) is 9.59 Å². The number of carbonyl (C=O) groups is 1. The second-order valence-corrected chi connectivity index (χ2v) is 5.51. The highest BCUT2D eigenvalue weighted by atomic mass is 32.1. The minimum Gasteiger partial charge on any atom is -0.477 e. The first-order chi connectivity index (χ1) is 9.99. The van der Waals surface area contributed by atoms with Gasteiger partial charge in [0.2, 0.25) is 0 Å². The van der Waals surface area contributed by atoms with E-state index >= 15 is 0 Å². The first-order valence-corrected chi connectivity index (χ1v) is 6.80. The third kappa shape index (κ3) is 2.11. The van der Waals surface area contributed by atoms with E-state index in [-0.39, 0.29) is 17.0 Å². The van der Waals surface area contributed by atoms with Gasteiger partial charge in [0, 0.05) is 0 Å². The van der Waals surface area contributed by atoms with Gasteiger partial charge in [-0.25, -0.2) is 14.4 Å². The molecule has 0 aliphatic carbocycles. The highest BCUT2D eigenvalue weighted by Crippen LogP contribution is 2.26. The summed E-state index contributed by atoms with van der Waals surface area (Å²) in [6, 6.07) is 0. The third-order valence-corrected chi connectivity index (χ3v) is 4.37. The molecule has 3 aromatic heterocycles. The molecule has 0 atom stereocenters. The Balaban J connectivity index is 2.16. The van der Waals surface area contributed by atoms with Crippen LogP contribution in [-0.4, -0.2) is 30.9 Å². The molecule has 21 heavy (non-hydrogen) atoms. The molecule has 0 aromatic carbocycles. The van der Waals surface area contributed by atoms with Crippen LogP contribution in [0.4, 0.5) is 0 Å². The first kappa shape index (κ1) is 13.4. The number of rotatable bonds is 3. The van der Waals surface area contributed by atoms with Gasteiger partial charge in [-0.1, -0.05) is 10.3 Å². The molecule has 0 fully saturated rings. The van der Waals surface area contributed by atoms with E-state index in [1.54, 1.807) is 13.8 Å². The van der Waals surface area contributed by atoms with Crippen molar-refractivity contribution in [3.05, 3.63) is 38.5 Å². The molecule has 8 nitrogen and oxygen atoms in total. The van der Waals surface area contributed by atoms with Gasteiger partial charge in [0.15, 0.2) is 0 Å². The van der Waals surface area contributed by atoms with Gasteiger partial charge in [0.05, 0.1) is 18.3 Å². The highest BCUT2D eigenvalue weighted by Gasteiger charge is 2.19. The molecule has 108 valence electrons. The molecule has 0 amide bonds. The van der Waals surface area contributed by atoms with Crippen molar-refractivity contribution in [3.63, 3.8) is 0 Å². The summed E-state index contributed by atoms with van der Waals surface area (Å²) in [5.74, 6) is -1.06. The van der Waals surface area contributed by atoms with Crippen molar-refractivity contribution in [1.29, 1.82) is 0 Å². The molecule has 0 radical (unpaired) electrons. The van der Waals surface area contributed by atoms with Gasteiger partial charge in [-0.3, -0.25) is 9.36 Å². The highest BCUT2D eigenvalue weighted by molar-refractivity contribution is 7.20. The minimum atomic E-state index is -1.06. The van der Waals surface area contributed by atoms with E-state index in [2.05, 4.69) is 19.9 Å². The van der Waals surface area contributed by atoms with E-state index in [0.717, 1.165) is 11.3 Å². The van der Waals surface area contributed by atoms with E-state index in [4.69, 9.17) is 5.11 Å². The Kier molecular flexibility index (Phi) is 3.05. The van der Waals surface area contributed by atoms with Crippen LogP contribution in [0.1, 0.15) is 26.6 Å². The van der Waals surface area contributed by atoms with Crippen LogP contribution >= 0.6 is 11.3 Å². The predicted molar refractivity (Wildman–Crippen MR) is 73.7 cm³/mol. The van der Waals surface area contributed by atoms with E-state index in [1.807, 2.05) is 0 Å². The lowest BCUT2D eigenvalue weighted by atomic mass is 10.2. The van der Waals surface area contributed by atoms with Gasteiger partial charge in [-0.05, 0) is 19.4 Å². The molecular formula is C12H10N4O4S. The number of hydrogen-bond acceptors (Lipinski definition) is 7. The van der Waals surface area contributed by atoms with E-state index in [0.29, 0.717) is 27.2 Å². The lowest BCUT2D eigenvalue weighted by molar-refractivity contribution is 0.0701. The number of nitrogens with zero attached hydrogens (tertiary/aromatic N) is 4. The molecule has 0 saturated carbocycles. The van der Waals surface area contributed by atoms with Crippen LogP contribution in [0.3, 0.4) is 0 Å². The summed E-state index contributed by atoms with van der Waals surface area (Å²) in [5, 5.41) is 16.8. The van der Waals surface area contributed by atoms with Gasteiger partial charge < -0.3 is 5.11 Å². The number of thiophene rings is 1. The van der Waals surface area contributed by atoms with Gasteiger partial charge >= 0.3 is 5.97 Å². The number of carboxylic acid groups (broad SMARTS) is 1. The number of carboxylic acids is 1. The maximum absolute atomic E-state index is 12.5. The Morgan fingerprint density at radius 3 is 2.81 bits per heavy atom. The number of hydrogen-bond donors (Lipinski definition) is 1. The fourth-order valence-corrected chi connectivity index (χ4v) is 3.01. The molecule has 0 aliphatic heterocycles. The summed E-state index contributed by atoms with van der Waals surface area (Å²) in [4.78, 5) is 28.3. The number of aryl methyl sites for hydroxylation is 2. The molecule has 0 spiro atoms. The quantitative estimate of drug-likeness (QED) is 0.774. The summed E-state index contributed by atoms with van der Waals surface area (Å²) in [6.45, 7) is 3.51. The maximum atomic E-state index is 12.5. The predicted octanol–water partition coefficient (Wildman–Crippen LogP) is 1.20. The molecule has 1 N–H and O–H groups in total. The minimum absolute atomic E-state index is 0.131. The van der Waals surface area contributed by atoms with Crippen LogP contribution in [-0.2, 0) is 6.54 Å². The third-order valence-electron chi connectivity index (χ3n) is 3.18. The molecule has 0 unspecified atom stereocenters. The fraction of sp³-hybridized carbons (Fsp3) is 0.250. The maximum Gasteiger partial charge on any atom is 0.346 e. The zero-order valence-electron chi connectivity index (χ0n) is 11.2. The zero-order chi connectivity index (χ0) is 15.1. The smallest absolute Gasteiger partial charge is 0.346 e. The second-order valence-electron chi connectivity index (χ2n) is 4.52. The molecule has 3 aromatic rings. The monoisotopic (exact) mass is 306 g/mol. The van der Waals surface area contributed by atoms with Gasteiger partial charge in [0.1, 0.15) is 21.1 Å². The topological polar surface area (TPSA) is 111 Å². The fourth-order valence-electron chi connectivity index (χ4n) is 2.03. The van der Waals surface area contributed by atoms with Crippen molar-refractivity contribution in [1.82, 2.24) is 19.9 Å². The van der Waals surface area contributed by atoms with Crippen molar-refractivity contribution >= 4 is 27.5 Å². The van der Waals surface area contributed by atoms with Crippen LogP contribution in [0.15, 0.2) is 15.8 Å². The van der Waals surface area contributed by atoms with Crippen LogP contribution in [0.25, 0.3) is 10.2 Å². The molecule has 0 bridgehead atoms. The van der Waals surface area contributed by atoms with Crippen LogP contribution < -0.4 is 5.56 Å². The van der Waals surface area contributed by atoms with Crippen molar-refractivity contribution in [2.75, 3.05) is 0 Å². The Hall–Kier alpha value is -2.55. The average molecular weight is 306 g/mol. The summed E-state index contributed by atoms with van der Waals surface area (Å²) < 4.78 is 5.95. The number of fused-ring (bicyclic) bond motifs is 1. The van der Waals surface area contributed by atoms with Gasteiger partial charge in [-0.2, -0.15) is 0 Å². The van der Waals surface area contributed by atoms with Crippen molar-refractivity contribution in [3.8, 4) is 0 Å². The molecule has 3 rings (SSSR count). The van der Waals surface area contributed by atoms with Crippen molar-refractivity contribution in [2.24, 2.45) is 0 Å². The van der Waals surface area contributed by atoms with Crippen LogP contribution in [0.5, 0.6) is 0 Å². The SMILES string of the molecule is Cc1nonc1Cn1cnc2sc(C(=O)O)c(C)c2c1=O. The molecule has 3 heterocycles. The summed E-state index contributed by atoms with van der Waals surface area (Å²) >= 11 is 0.996. The Labute approximate surface area is 121 Å². The zero-order valence-corrected chi connectivity index (χ0v) is 12.0. The number of aromatic nitrogens is 4. The average Bonchev–Trinajstić information content (AvgIpc) is 2.98. The first-order valence-electron chi connectivity index (χ1n) is 5.99. The van der Waals surface area contributed by atoms with Crippen molar-refractivity contribution in [2.45, 2.75) is 20.4 Å². The van der Waals surface area contributed by atoms with E-state index < -0.39 is 5.97 Å². The Morgan fingerprint density at radius 2 is 2.19 bits per heavy atom. The molecular weight excluding hydrogens is 296 g/mol.